The summed E-state index contributed by atoms with van der Waals surface area (Å²) in [6.45, 7) is 5.08. The summed E-state index contributed by atoms with van der Waals surface area (Å²) in [5.74, 6) is -0.352. The van der Waals surface area contributed by atoms with Gasteiger partial charge in [0.25, 0.3) is 5.91 Å². The Labute approximate surface area is 118 Å². The molecule has 0 aliphatic carbocycles. The molecule has 7 heteroatoms. The van der Waals surface area contributed by atoms with Crippen molar-refractivity contribution in [2.45, 2.75) is 6.92 Å². The van der Waals surface area contributed by atoms with E-state index in [1.165, 1.54) is 0 Å². The third-order valence-corrected chi connectivity index (χ3v) is 3.60. The molecule has 0 atom stereocenters. The van der Waals surface area contributed by atoms with Gasteiger partial charge in [-0.25, -0.2) is 0 Å². The topological polar surface area (TPSA) is 70.5 Å². The zero-order chi connectivity index (χ0) is 14.7. The van der Waals surface area contributed by atoms with Gasteiger partial charge in [-0.1, -0.05) is 0 Å². The van der Waals surface area contributed by atoms with Crippen LogP contribution in [0.4, 0.5) is 0 Å². The number of hydrogen-bond donors (Lipinski definition) is 1. The van der Waals surface area contributed by atoms with Gasteiger partial charge in [-0.2, -0.15) is 5.10 Å². The van der Waals surface area contributed by atoms with E-state index in [0.717, 1.165) is 18.8 Å². The van der Waals surface area contributed by atoms with Crippen molar-refractivity contribution in [1.82, 2.24) is 24.9 Å². The molecule has 0 bridgehead atoms. The minimum Gasteiger partial charge on any atom is -0.342 e. The molecule has 0 aromatic carbocycles. The summed E-state index contributed by atoms with van der Waals surface area (Å²) in [5, 5.41) is 6.71. The normalized spacial score (nSPS) is 16.2. The fourth-order valence-corrected chi connectivity index (χ4v) is 2.09. The Kier molecular flexibility index (Phi) is 4.39. The first kappa shape index (κ1) is 14.5. The van der Waals surface area contributed by atoms with Crippen molar-refractivity contribution in [3.8, 4) is 0 Å². The van der Waals surface area contributed by atoms with Crippen LogP contribution in [0.15, 0.2) is 6.07 Å². The van der Waals surface area contributed by atoms with E-state index >= 15 is 0 Å². The van der Waals surface area contributed by atoms with Crippen molar-refractivity contribution < 1.29 is 9.59 Å². The summed E-state index contributed by atoms with van der Waals surface area (Å²) in [7, 11) is 3.81. The van der Waals surface area contributed by atoms with Crippen LogP contribution in [0.3, 0.4) is 0 Å². The van der Waals surface area contributed by atoms with Gasteiger partial charge in [0.15, 0.2) is 0 Å². The van der Waals surface area contributed by atoms with Crippen LogP contribution < -0.4 is 5.32 Å². The maximum absolute atomic E-state index is 12.0. The highest BCUT2D eigenvalue weighted by Gasteiger charge is 2.20. The van der Waals surface area contributed by atoms with Gasteiger partial charge in [-0.3, -0.25) is 14.3 Å². The number of rotatable bonds is 3. The van der Waals surface area contributed by atoms with Crippen molar-refractivity contribution in [3.05, 3.63) is 17.5 Å². The minimum atomic E-state index is -0.309. The van der Waals surface area contributed by atoms with Crippen LogP contribution in [0, 0.1) is 6.92 Å². The number of amides is 2. The van der Waals surface area contributed by atoms with Gasteiger partial charge in [-0.15, -0.1) is 0 Å². The second-order valence-corrected chi connectivity index (χ2v) is 5.16. The molecule has 20 heavy (non-hydrogen) atoms. The Morgan fingerprint density at radius 2 is 1.90 bits per heavy atom. The first-order valence-corrected chi connectivity index (χ1v) is 6.72. The smallest absolute Gasteiger partial charge is 0.272 e. The Balaban J connectivity index is 1.82. The molecule has 1 aromatic rings. The number of hydrogen-bond acceptors (Lipinski definition) is 4. The number of likely N-dealkylation sites (N-methyl/N-ethyl adjacent to an activating group) is 1. The lowest BCUT2D eigenvalue weighted by Gasteiger charge is -2.32. The minimum absolute atomic E-state index is 0.0260. The number of nitrogens with one attached hydrogen (secondary N) is 1. The van der Waals surface area contributed by atoms with Gasteiger partial charge in [0.1, 0.15) is 5.69 Å². The van der Waals surface area contributed by atoms with E-state index in [9.17, 15) is 9.59 Å². The molecule has 0 spiro atoms. The lowest BCUT2D eigenvalue weighted by molar-refractivity contribution is -0.131. The fourth-order valence-electron chi connectivity index (χ4n) is 2.09. The average Bonchev–Trinajstić information content (AvgIpc) is 2.76. The van der Waals surface area contributed by atoms with Crippen molar-refractivity contribution in [1.29, 1.82) is 0 Å². The largest absolute Gasteiger partial charge is 0.342 e. The molecular formula is C13H21N5O2. The Hall–Kier alpha value is -1.89. The summed E-state index contributed by atoms with van der Waals surface area (Å²) in [5.41, 5.74) is 1.25. The number of carbonyl (C=O) groups is 2. The van der Waals surface area contributed by atoms with E-state index in [-0.39, 0.29) is 18.4 Å². The average molecular weight is 279 g/mol. The summed E-state index contributed by atoms with van der Waals surface area (Å²) in [4.78, 5) is 27.8. The third-order valence-electron chi connectivity index (χ3n) is 3.60. The van der Waals surface area contributed by atoms with Crippen LogP contribution in [-0.4, -0.2) is 71.2 Å². The molecule has 2 rings (SSSR count). The number of aromatic nitrogens is 2. The zero-order valence-electron chi connectivity index (χ0n) is 12.2. The maximum atomic E-state index is 12.0. The monoisotopic (exact) mass is 279 g/mol. The van der Waals surface area contributed by atoms with Crippen LogP contribution in [0.2, 0.25) is 0 Å². The molecule has 1 aromatic heterocycles. The molecule has 1 aliphatic heterocycles. The quantitative estimate of drug-likeness (QED) is 0.789. The summed E-state index contributed by atoms with van der Waals surface area (Å²) in [6.07, 6.45) is 0. The number of carbonyl (C=O) groups excluding carboxylic acids is 2. The number of nitrogens with zero attached hydrogens (tertiary/aromatic N) is 4. The van der Waals surface area contributed by atoms with Crippen molar-refractivity contribution in [3.63, 3.8) is 0 Å². The molecule has 7 nitrogen and oxygen atoms in total. The van der Waals surface area contributed by atoms with Crippen LogP contribution >= 0.6 is 0 Å². The molecular weight excluding hydrogens is 258 g/mol. The molecule has 1 N–H and O–H groups in total. The standard InChI is InChI=1S/C13H21N5O2/c1-10-8-11(15-17(10)3)13(20)14-9-12(19)18-6-4-16(2)5-7-18/h8H,4-7,9H2,1-3H3,(H,14,20). The highest BCUT2D eigenvalue weighted by Crippen LogP contribution is 2.02. The first-order chi connectivity index (χ1) is 9.47. The highest BCUT2D eigenvalue weighted by atomic mass is 16.2. The second-order valence-electron chi connectivity index (χ2n) is 5.16. The SMILES string of the molecule is Cc1cc(C(=O)NCC(=O)N2CCN(C)CC2)nn1C. The van der Waals surface area contributed by atoms with E-state index in [1.807, 2.05) is 14.0 Å². The zero-order valence-corrected chi connectivity index (χ0v) is 12.2. The third kappa shape index (κ3) is 3.36. The molecule has 110 valence electrons. The number of aryl methyl sites for hydroxylation is 2. The van der Waals surface area contributed by atoms with Crippen molar-refractivity contribution >= 4 is 11.8 Å². The molecule has 1 aliphatic rings. The molecule has 1 fully saturated rings. The second kappa shape index (κ2) is 6.04. The van der Waals surface area contributed by atoms with E-state index in [2.05, 4.69) is 15.3 Å². The van der Waals surface area contributed by atoms with E-state index in [1.54, 1.807) is 22.7 Å². The summed E-state index contributed by atoms with van der Waals surface area (Å²) in [6, 6.07) is 1.70. The van der Waals surface area contributed by atoms with E-state index < -0.39 is 0 Å². The van der Waals surface area contributed by atoms with Gasteiger partial charge in [-0.05, 0) is 20.0 Å². The predicted molar refractivity (Wildman–Crippen MR) is 74.4 cm³/mol. The molecule has 0 unspecified atom stereocenters. The van der Waals surface area contributed by atoms with Gasteiger partial charge >= 0.3 is 0 Å². The molecule has 1 saturated heterocycles. The maximum Gasteiger partial charge on any atom is 0.272 e. The van der Waals surface area contributed by atoms with Crippen LogP contribution in [-0.2, 0) is 11.8 Å². The number of piperazine rings is 1. The van der Waals surface area contributed by atoms with E-state index in [0.29, 0.717) is 18.8 Å². The Morgan fingerprint density at radius 1 is 1.25 bits per heavy atom. The Morgan fingerprint density at radius 3 is 2.45 bits per heavy atom. The lowest BCUT2D eigenvalue weighted by atomic mass is 10.3. The molecule has 2 heterocycles. The van der Waals surface area contributed by atoms with Crippen molar-refractivity contribution in [2.24, 2.45) is 7.05 Å². The van der Waals surface area contributed by atoms with Crippen LogP contribution in [0.5, 0.6) is 0 Å². The Bertz CT molecular complexity index is 483. The fraction of sp³-hybridized carbons (Fsp3) is 0.615. The summed E-state index contributed by atoms with van der Waals surface area (Å²) >= 11 is 0. The van der Waals surface area contributed by atoms with Gasteiger partial charge < -0.3 is 15.1 Å². The highest BCUT2D eigenvalue weighted by molar-refractivity contribution is 5.94. The summed E-state index contributed by atoms with van der Waals surface area (Å²) < 4.78 is 1.64. The molecule has 0 radical (unpaired) electrons. The molecule has 2 amide bonds. The van der Waals surface area contributed by atoms with Crippen molar-refractivity contribution in [2.75, 3.05) is 39.8 Å². The predicted octanol–water partition coefficient (Wildman–Crippen LogP) is -0.768. The lowest BCUT2D eigenvalue weighted by Crippen LogP contribution is -2.50. The van der Waals surface area contributed by atoms with Crippen LogP contribution in [0.25, 0.3) is 0 Å². The van der Waals surface area contributed by atoms with Gasteiger partial charge in [0.05, 0.1) is 6.54 Å². The van der Waals surface area contributed by atoms with Gasteiger partial charge in [0, 0.05) is 38.9 Å². The van der Waals surface area contributed by atoms with Gasteiger partial charge in [0.2, 0.25) is 5.91 Å². The first-order valence-electron chi connectivity index (χ1n) is 6.72. The van der Waals surface area contributed by atoms with Crippen LogP contribution in [0.1, 0.15) is 16.2 Å². The van der Waals surface area contributed by atoms with E-state index in [4.69, 9.17) is 0 Å². The molecule has 0 saturated carbocycles.